The fraction of sp³-hybridized carbons (Fsp3) is 0.263. The van der Waals surface area contributed by atoms with Gasteiger partial charge in [-0.2, -0.15) is 0 Å². The fourth-order valence-corrected chi connectivity index (χ4v) is 2.33. The van der Waals surface area contributed by atoms with Gasteiger partial charge in [0.25, 0.3) is 0 Å². The van der Waals surface area contributed by atoms with E-state index in [2.05, 4.69) is 5.32 Å². The van der Waals surface area contributed by atoms with Crippen LogP contribution in [0.5, 0.6) is 5.75 Å². The number of amides is 1. The average molecular weight is 327 g/mol. The number of phenolic OH excluding ortho intramolecular Hbond substituents is 1. The first-order chi connectivity index (χ1) is 11.6. The molecular weight excluding hydrogens is 306 g/mol. The lowest BCUT2D eigenvalue weighted by molar-refractivity contribution is -0.147. The number of aromatic hydroxyl groups is 1. The van der Waals surface area contributed by atoms with Gasteiger partial charge in [-0.05, 0) is 30.2 Å². The smallest absolute Gasteiger partial charge is 0.328 e. The van der Waals surface area contributed by atoms with Crippen molar-refractivity contribution >= 4 is 11.9 Å². The number of benzene rings is 2. The van der Waals surface area contributed by atoms with Gasteiger partial charge in [-0.15, -0.1) is 0 Å². The van der Waals surface area contributed by atoms with Crippen molar-refractivity contribution in [2.45, 2.75) is 25.8 Å². The number of carbonyl (C=O) groups is 2. The molecule has 0 saturated heterocycles. The van der Waals surface area contributed by atoms with E-state index in [1.807, 2.05) is 30.3 Å². The van der Waals surface area contributed by atoms with Gasteiger partial charge in [0.05, 0.1) is 13.0 Å². The van der Waals surface area contributed by atoms with Crippen molar-refractivity contribution in [1.29, 1.82) is 0 Å². The van der Waals surface area contributed by atoms with Gasteiger partial charge in [0.1, 0.15) is 11.8 Å². The summed E-state index contributed by atoms with van der Waals surface area (Å²) in [5.41, 5.74) is 1.70. The lowest BCUT2D eigenvalue weighted by Crippen LogP contribution is -2.44. The largest absolute Gasteiger partial charge is 0.508 e. The van der Waals surface area contributed by atoms with Crippen LogP contribution in [0, 0.1) is 0 Å². The van der Waals surface area contributed by atoms with E-state index in [1.54, 1.807) is 31.2 Å². The van der Waals surface area contributed by atoms with Crippen LogP contribution in [-0.4, -0.2) is 29.6 Å². The van der Waals surface area contributed by atoms with Crippen molar-refractivity contribution in [1.82, 2.24) is 5.32 Å². The highest BCUT2D eigenvalue weighted by Crippen LogP contribution is 2.12. The zero-order valence-electron chi connectivity index (χ0n) is 13.6. The Bertz CT molecular complexity index is 668. The summed E-state index contributed by atoms with van der Waals surface area (Å²) in [6.07, 6.45) is 0.506. The maximum absolute atomic E-state index is 12.2. The standard InChI is InChI=1S/C19H21NO4/c1-2-24-19(23)17(12-15-8-10-16(21)11-9-15)20-18(22)13-14-6-4-3-5-7-14/h3-11,17,21H,2,12-13H2,1H3,(H,20,22). The predicted molar refractivity (Wildman–Crippen MR) is 90.5 cm³/mol. The lowest BCUT2D eigenvalue weighted by Gasteiger charge is -2.17. The number of carbonyl (C=O) groups excluding carboxylic acids is 2. The maximum Gasteiger partial charge on any atom is 0.328 e. The van der Waals surface area contributed by atoms with Crippen molar-refractivity contribution in [3.05, 3.63) is 65.7 Å². The summed E-state index contributed by atoms with van der Waals surface area (Å²) < 4.78 is 5.05. The number of phenols is 1. The number of nitrogens with one attached hydrogen (secondary N) is 1. The minimum Gasteiger partial charge on any atom is -0.508 e. The molecule has 2 rings (SSSR count). The second-order valence-corrected chi connectivity index (χ2v) is 5.41. The number of ether oxygens (including phenoxy) is 1. The Morgan fingerprint density at radius 2 is 1.71 bits per heavy atom. The van der Waals surface area contributed by atoms with Crippen LogP contribution in [0.15, 0.2) is 54.6 Å². The third-order valence-corrected chi connectivity index (χ3v) is 3.49. The van der Waals surface area contributed by atoms with E-state index in [9.17, 15) is 14.7 Å². The molecule has 0 spiro atoms. The van der Waals surface area contributed by atoms with Crippen LogP contribution in [0.3, 0.4) is 0 Å². The van der Waals surface area contributed by atoms with Gasteiger partial charge in [0, 0.05) is 6.42 Å². The molecule has 24 heavy (non-hydrogen) atoms. The Kier molecular flexibility index (Phi) is 6.37. The van der Waals surface area contributed by atoms with Gasteiger partial charge in [0.15, 0.2) is 0 Å². The summed E-state index contributed by atoms with van der Waals surface area (Å²) in [6.45, 7) is 1.97. The van der Waals surface area contributed by atoms with Crippen molar-refractivity contribution in [2.75, 3.05) is 6.61 Å². The highest BCUT2D eigenvalue weighted by Gasteiger charge is 2.22. The predicted octanol–water partition coefficient (Wildman–Crippen LogP) is 2.23. The van der Waals surface area contributed by atoms with Crippen LogP contribution >= 0.6 is 0 Å². The van der Waals surface area contributed by atoms with Crippen LogP contribution in [0.1, 0.15) is 18.1 Å². The van der Waals surface area contributed by atoms with E-state index in [4.69, 9.17) is 4.74 Å². The molecule has 0 aliphatic heterocycles. The summed E-state index contributed by atoms with van der Waals surface area (Å²) in [7, 11) is 0. The molecule has 0 aliphatic rings. The topological polar surface area (TPSA) is 75.6 Å². The number of hydrogen-bond donors (Lipinski definition) is 2. The fourth-order valence-electron chi connectivity index (χ4n) is 2.33. The summed E-state index contributed by atoms with van der Waals surface area (Å²) in [6, 6.07) is 15.1. The molecule has 5 nitrogen and oxygen atoms in total. The van der Waals surface area contributed by atoms with Gasteiger partial charge in [0.2, 0.25) is 5.91 Å². The lowest BCUT2D eigenvalue weighted by atomic mass is 10.0. The first-order valence-corrected chi connectivity index (χ1v) is 7.86. The molecule has 0 radical (unpaired) electrons. The maximum atomic E-state index is 12.2. The molecule has 2 N–H and O–H groups in total. The molecule has 5 heteroatoms. The second kappa shape index (κ2) is 8.72. The average Bonchev–Trinajstić information content (AvgIpc) is 2.57. The van der Waals surface area contributed by atoms with Crippen molar-refractivity contribution in [2.24, 2.45) is 0 Å². The normalized spacial score (nSPS) is 11.5. The van der Waals surface area contributed by atoms with Crippen LogP contribution in [0.4, 0.5) is 0 Å². The zero-order chi connectivity index (χ0) is 17.4. The van der Waals surface area contributed by atoms with Gasteiger partial charge in [-0.1, -0.05) is 42.5 Å². The summed E-state index contributed by atoms with van der Waals surface area (Å²) >= 11 is 0. The first-order valence-electron chi connectivity index (χ1n) is 7.86. The van der Waals surface area contributed by atoms with Crippen LogP contribution in [0.2, 0.25) is 0 Å². The van der Waals surface area contributed by atoms with Crippen molar-refractivity contribution in [3.8, 4) is 5.75 Å². The minimum absolute atomic E-state index is 0.152. The van der Waals surface area contributed by atoms with Gasteiger partial charge in [-0.3, -0.25) is 4.79 Å². The summed E-state index contributed by atoms with van der Waals surface area (Å²) in [4.78, 5) is 24.3. The Morgan fingerprint density at radius 1 is 1.04 bits per heavy atom. The summed E-state index contributed by atoms with van der Waals surface area (Å²) in [5.74, 6) is -0.551. The van der Waals surface area contributed by atoms with E-state index < -0.39 is 12.0 Å². The highest BCUT2D eigenvalue weighted by molar-refractivity contribution is 5.85. The van der Waals surface area contributed by atoms with Gasteiger partial charge < -0.3 is 15.2 Å². The minimum atomic E-state index is -0.759. The van der Waals surface area contributed by atoms with E-state index in [0.29, 0.717) is 6.42 Å². The Balaban J connectivity index is 2.03. The van der Waals surface area contributed by atoms with Crippen LogP contribution in [0.25, 0.3) is 0 Å². The Morgan fingerprint density at radius 3 is 2.33 bits per heavy atom. The van der Waals surface area contributed by atoms with Crippen molar-refractivity contribution < 1.29 is 19.4 Å². The third kappa shape index (κ3) is 5.43. The molecule has 0 fully saturated rings. The van der Waals surface area contributed by atoms with Crippen LogP contribution < -0.4 is 5.32 Å². The SMILES string of the molecule is CCOC(=O)C(Cc1ccc(O)cc1)NC(=O)Cc1ccccc1. The van der Waals surface area contributed by atoms with Crippen molar-refractivity contribution in [3.63, 3.8) is 0 Å². The molecule has 0 aliphatic carbocycles. The molecule has 1 amide bonds. The molecule has 0 aromatic heterocycles. The zero-order valence-corrected chi connectivity index (χ0v) is 13.6. The molecule has 2 aromatic carbocycles. The molecule has 126 valence electrons. The molecule has 1 atom stereocenters. The van der Waals surface area contributed by atoms with Crippen LogP contribution in [-0.2, 0) is 27.2 Å². The Hall–Kier alpha value is -2.82. The molecular formula is C19H21NO4. The second-order valence-electron chi connectivity index (χ2n) is 5.41. The monoisotopic (exact) mass is 327 g/mol. The molecule has 0 saturated carbocycles. The van der Waals surface area contributed by atoms with E-state index in [-0.39, 0.29) is 24.7 Å². The van der Waals surface area contributed by atoms with Gasteiger partial charge >= 0.3 is 5.97 Å². The first kappa shape index (κ1) is 17.5. The van der Waals surface area contributed by atoms with E-state index in [1.165, 1.54) is 0 Å². The Labute approximate surface area is 141 Å². The number of rotatable bonds is 7. The number of hydrogen-bond acceptors (Lipinski definition) is 4. The molecule has 1 unspecified atom stereocenters. The van der Waals surface area contributed by atoms with Gasteiger partial charge in [-0.25, -0.2) is 4.79 Å². The molecule has 2 aromatic rings. The van der Waals surface area contributed by atoms with E-state index in [0.717, 1.165) is 11.1 Å². The third-order valence-electron chi connectivity index (χ3n) is 3.49. The van der Waals surface area contributed by atoms with E-state index >= 15 is 0 Å². The number of esters is 1. The summed E-state index contributed by atoms with van der Waals surface area (Å²) in [5, 5.41) is 12.1. The highest BCUT2D eigenvalue weighted by atomic mass is 16.5. The molecule has 0 heterocycles. The quantitative estimate of drug-likeness (QED) is 0.765. The molecule has 0 bridgehead atoms.